The van der Waals surface area contributed by atoms with Gasteiger partial charge in [0.1, 0.15) is 30.9 Å². The zero-order valence-electron chi connectivity index (χ0n) is 17.2. The molecule has 0 atom stereocenters. The first-order valence-corrected chi connectivity index (χ1v) is 9.24. The average molecular weight is 394 g/mol. The fourth-order valence-electron chi connectivity index (χ4n) is 2.85. The van der Waals surface area contributed by atoms with Gasteiger partial charge in [0.25, 0.3) is 0 Å². The molecule has 0 amide bonds. The van der Waals surface area contributed by atoms with Gasteiger partial charge in [0.05, 0.1) is 25.7 Å². The van der Waals surface area contributed by atoms with Crippen molar-refractivity contribution < 1.29 is 14.3 Å². The number of nitrogens with zero attached hydrogens (tertiary/aromatic N) is 4. The molecular weight excluding hydrogens is 368 g/mol. The predicted molar refractivity (Wildman–Crippen MR) is 117 cm³/mol. The van der Waals surface area contributed by atoms with Gasteiger partial charge in [-0.2, -0.15) is 0 Å². The largest absolute Gasteiger partial charge is 0.497 e. The lowest BCUT2D eigenvalue weighted by Crippen LogP contribution is -2.18. The molecule has 2 aromatic carbocycles. The van der Waals surface area contributed by atoms with Crippen molar-refractivity contribution in [2.45, 2.75) is 6.54 Å². The number of fused-ring (bicyclic) bond motifs is 1. The van der Waals surface area contributed by atoms with Crippen LogP contribution in [0.3, 0.4) is 0 Å². The summed E-state index contributed by atoms with van der Waals surface area (Å²) in [6, 6.07) is 15.6. The molecular formula is C22H26N4O3. The van der Waals surface area contributed by atoms with E-state index in [0.29, 0.717) is 13.2 Å². The van der Waals surface area contributed by atoms with Crippen molar-refractivity contribution in [1.82, 2.24) is 9.47 Å². The van der Waals surface area contributed by atoms with Gasteiger partial charge in [-0.15, -0.1) is 0 Å². The maximum atomic E-state index is 5.85. The number of hydrogen-bond acceptors (Lipinski definition) is 5. The summed E-state index contributed by atoms with van der Waals surface area (Å²) in [6.07, 6.45) is 3.82. The van der Waals surface area contributed by atoms with Gasteiger partial charge < -0.3 is 23.8 Å². The quantitative estimate of drug-likeness (QED) is 0.313. The fourth-order valence-corrected chi connectivity index (χ4v) is 2.85. The molecule has 0 saturated heterocycles. The lowest BCUT2D eigenvalue weighted by molar-refractivity contribution is 0.208. The minimum Gasteiger partial charge on any atom is -0.497 e. The third kappa shape index (κ3) is 5.51. The van der Waals surface area contributed by atoms with E-state index >= 15 is 0 Å². The lowest BCUT2D eigenvalue weighted by atomic mass is 10.2. The third-order valence-corrected chi connectivity index (χ3v) is 4.23. The Hall–Kier alpha value is -3.48. The van der Waals surface area contributed by atoms with Gasteiger partial charge in [0.2, 0.25) is 0 Å². The van der Waals surface area contributed by atoms with Gasteiger partial charge in [-0.25, -0.2) is 4.99 Å². The molecule has 0 aliphatic heterocycles. The first-order chi connectivity index (χ1) is 14.1. The van der Waals surface area contributed by atoms with E-state index in [-0.39, 0.29) is 0 Å². The Bertz CT molecular complexity index is 991. The van der Waals surface area contributed by atoms with Crippen LogP contribution in [-0.4, -0.2) is 56.4 Å². The van der Waals surface area contributed by atoms with Crippen LogP contribution >= 0.6 is 0 Å². The minimum atomic E-state index is 0.324. The minimum absolute atomic E-state index is 0.324. The number of benzene rings is 2. The summed E-state index contributed by atoms with van der Waals surface area (Å²) in [5.41, 5.74) is 2.79. The molecule has 3 aromatic rings. The molecule has 29 heavy (non-hydrogen) atoms. The highest BCUT2D eigenvalue weighted by Gasteiger charge is 2.08. The predicted octanol–water partition coefficient (Wildman–Crippen LogP) is 3.95. The Morgan fingerprint density at radius 1 is 1.03 bits per heavy atom. The SMILES string of the molecule is CO/N=C(\COc1ccc(OC)cc1)Cn1ccc2cc(N=CN(C)C)ccc21. The van der Waals surface area contributed by atoms with E-state index < -0.39 is 0 Å². The van der Waals surface area contributed by atoms with Crippen molar-refractivity contribution in [3.05, 3.63) is 54.7 Å². The molecule has 0 unspecified atom stereocenters. The van der Waals surface area contributed by atoms with Crippen molar-refractivity contribution in [1.29, 1.82) is 0 Å². The monoisotopic (exact) mass is 394 g/mol. The number of aliphatic imine (C=N–C) groups is 1. The second-order valence-electron chi connectivity index (χ2n) is 6.70. The van der Waals surface area contributed by atoms with Gasteiger partial charge in [0, 0.05) is 31.2 Å². The Morgan fingerprint density at radius 3 is 2.48 bits per heavy atom. The molecule has 0 aliphatic carbocycles. The number of hydrogen-bond donors (Lipinski definition) is 0. The zero-order chi connectivity index (χ0) is 20.6. The molecule has 7 nitrogen and oxygen atoms in total. The highest BCUT2D eigenvalue weighted by Crippen LogP contribution is 2.23. The fraction of sp³-hybridized carbons (Fsp3) is 0.273. The molecule has 0 N–H and O–H groups in total. The Kier molecular flexibility index (Phi) is 6.73. The molecule has 0 aliphatic rings. The number of rotatable bonds is 9. The van der Waals surface area contributed by atoms with Crippen LogP contribution in [0.4, 0.5) is 5.69 Å². The van der Waals surface area contributed by atoms with Crippen LogP contribution in [0.5, 0.6) is 11.5 Å². The van der Waals surface area contributed by atoms with E-state index in [4.69, 9.17) is 14.3 Å². The molecule has 0 bridgehead atoms. The van der Waals surface area contributed by atoms with Gasteiger partial charge in [-0.3, -0.25) is 0 Å². The lowest BCUT2D eigenvalue weighted by Gasteiger charge is -2.11. The summed E-state index contributed by atoms with van der Waals surface area (Å²) in [6.45, 7) is 0.888. The number of methoxy groups -OCH3 is 1. The summed E-state index contributed by atoms with van der Waals surface area (Å²) in [7, 11) is 7.07. The summed E-state index contributed by atoms with van der Waals surface area (Å²) in [5.74, 6) is 1.53. The molecule has 1 heterocycles. The first-order valence-electron chi connectivity index (χ1n) is 9.24. The molecule has 0 radical (unpaired) electrons. The van der Waals surface area contributed by atoms with E-state index in [1.165, 1.54) is 7.11 Å². The molecule has 1 aromatic heterocycles. The Labute approximate surface area is 170 Å². The van der Waals surface area contributed by atoms with Gasteiger partial charge >= 0.3 is 0 Å². The molecule has 3 rings (SSSR count). The second kappa shape index (κ2) is 9.64. The normalized spacial score (nSPS) is 11.8. The van der Waals surface area contributed by atoms with Crippen molar-refractivity contribution >= 4 is 28.6 Å². The van der Waals surface area contributed by atoms with Crippen LogP contribution in [0, 0.1) is 0 Å². The highest BCUT2D eigenvalue weighted by atomic mass is 16.6. The molecule has 7 heteroatoms. The van der Waals surface area contributed by atoms with E-state index in [1.807, 2.05) is 55.5 Å². The van der Waals surface area contributed by atoms with E-state index in [0.717, 1.165) is 33.8 Å². The average Bonchev–Trinajstić information content (AvgIpc) is 3.13. The van der Waals surface area contributed by atoms with Crippen LogP contribution < -0.4 is 9.47 Å². The van der Waals surface area contributed by atoms with Crippen LogP contribution in [-0.2, 0) is 11.4 Å². The van der Waals surface area contributed by atoms with Gasteiger partial charge in [-0.1, -0.05) is 5.16 Å². The van der Waals surface area contributed by atoms with Crippen LogP contribution in [0.1, 0.15) is 0 Å². The molecule has 0 spiro atoms. The molecule has 0 saturated carbocycles. The number of ether oxygens (including phenoxy) is 2. The highest BCUT2D eigenvalue weighted by molar-refractivity contribution is 5.89. The van der Waals surface area contributed by atoms with Crippen LogP contribution in [0.15, 0.2) is 64.9 Å². The van der Waals surface area contributed by atoms with Crippen molar-refractivity contribution in [2.24, 2.45) is 10.1 Å². The standard InChI is InChI=1S/C22H26N4O3/c1-25(2)16-23-18-5-10-22-17(13-18)11-12-26(22)14-19(24-28-4)15-29-21-8-6-20(27-3)7-9-21/h5-13,16H,14-15H2,1-4H3/b23-16?,24-19-. The summed E-state index contributed by atoms with van der Waals surface area (Å²) in [5, 5.41) is 5.26. The van der Waals surface area contributed by atoms with E-state index in [1.54, 1.807) is 13.4 Å². The van der Waals surface area contributed by atoms with E-state index in [2.05, 4.69) is 32.9 Å². The summed E-state index contributed by atoms with van der Waals surface area (Å²) < 4.78 is 13.1. The second-order valence-corrected chi connectivity index (χ2v) is 6.70. The van der Waals surface area contributed by atoms with E-state index in [9.17, 15) is 0 Å². The zero-order valence-corrected chi connectivity index (χ0v) is 17.2. The summed E-state index contributed by atoms with van der Waals surface area (Å²) >= 11 is 0. The third-order valence-electron chi connectivity index (χ3n) is 4.23. The maximum absolute atomic E-state index is 5.85. The maximum Gasteiger partial charge on any atom is 0.132 e. The Morgan fingerprint density at radius 2 is 1.79 bits per heavy atom. The summed E-state index contributed by atoms with van der Waals surface area (Å²) in [4.78, 5) is 11.4. The van der Waals surface area contributed by atoms with Crippen molar-refractivity contribution in [2.75, 3.05) is 34.9 Å². The molecule has 0 fully saturated rings. The van der Waals surface area contributed by atoms with Gasteiger partial charge in [-0.05, 0) is 48.5 Å². The van der Waals surface area contributed by atoms with Crippen LogP contribution in [0.25, 0.3) is 10.9 Å². The Balaban J connectivity index is 1.71. The first kappa shape index (κ1) is 20.3. The topological polar surface area (TPSA) is 60.6 Å². The van der Waals surface area contributed by atoms with Crippen molar-refractivity contribution in [3.8, 4) is 11.5 Å². The molecule has 152 valence electrons. The van der Waals surface area contributed by atoms with Gasteiger partial charge in [0.15, 0.2) is 0 Å². The van der Waals surface area contributed by atoms with Crippen molar-refractivity contribution in [3.63, 3.8) is 0 Å². The van der Waals surface area contributed by atoms with Crippen LogP contribution in [0.2, 0.25) is 0 Å². The number of oxime groups is 1. The number of aromatic nitrogens is 1. The smallest absolute Gasteiger partial charge is 0.132 e.